The van der Waals surface area contributed by atoms with Crippen molar-refractivity contribution in [2.24, 2.45) is 0 Å². The van der Waals surface area contributed by atoms with Crippen molar-refractivity contribution in [3.8, 4) is 11.4 Å². The van der Waals surface area contributed by atoms with E-state index < -0.39 is 0 Å². The summed E-state index contributed by atoms with van der Waals surface area (Å²) in [7, 11) is 0. The van der Waals surface area contributed by atoms with Crippen LogP contribution in [0.2, 0.25) is 0 Å². The second-order valence-corrected chi connectivity index (χ2v) is 23.7. The van der Waals surface area contributed by atoms with E-state index in [0.29, 0.717) is 11.8 Å². The van der Waals surface area contributed by atoms with Crippen LogP contribution in [-0.4, -0.2) is 9.13 Å². The summed E-state index contributed by atoms with van der Waals surface area (Å²) in [5, 5.41) is 13.4. The van der Waals surface area contributed by atoms with Crippen molar-refractivity contribution < 1.29 is 8.83 Å². The molecule has 6 nitrogen and oxygen atoms in total. The summed E-state index contributed by atoms with van der Waals surface area (Å²) in [4.78, 5) is 4.78. The van der Waals surface area contributed by atoms with E-state index in [1.807, 2.05) is 0 Å². The topological polar surface area (TPSA) is 42.6 Å². The molecule has 4 heterocycles. The van der Waals surface area contributed by atoms with Crippen molar-refractivity contribution in [2.75, 3.05) is 9.80 Å². The Hall–Kier alpha value is -10.8. The maximum absolute atomic E-state index is 6.97. The van der Waals surface area contributed by atoms with Crippen LogP contribution in [-0.2, 0) is 0 Å². The fourth-order valence-corrected chi connectivity index (χ4v) is 13.8. The first-order valence-electron chi connectivity index (χ1n) is 29.9. The van der Waals surface area contributed by atoms with E-state index in [0.717, 1.165) is 111 Å². The molecule has 17 aromatic rings. The molecule has 0 saturated heterocycles. The number of anilines is 6. The van der Waals surface area contributed by atoms with Crippen LogP contribution >= 0.6 is 0 Å². The zero-order valence-electron chi connectivity index (χ0n) is 48.2. The molecule has 0 atom stereocenters. The Morgan fingerprint density at radius 2 is 0.628 bits per heavy atom. The van der Waals surface area contributed by atoms with Crippen LogP contribution in [0.25, 0.3) is 120 Å². The van der Waals surface area contributed by atoms with Gasteiger partial charge in [0.05, 0.1) is 22.1 Å². The van der Waals surface area contributed by atoms with Crippen molar-refractivity contribution in [1.82, 2.24) is 9.13 Å². The number of hydrogen-bond donors (Lipinski definition) is 0. The second kappa shape index (κ2) is 19.4. The molecular formula is C80H58N4O2. The number of para-hydroxylation sites is 4. The monoisotopic (exact) mass is 1110 g/mol. The van der Waals surface area contributed by atoms with Crippen molar-refractivity contribution >= 4 is 143 Å². The summed E-state index contributed by atoms with van der Waals surface area (Å²) in [5.41, 5.74) is 19.5. The molecule has 0 spiro atoms. The minimum atomic E-state index is 0.421. The van der Waals surface area contributed by atoms with E-state index in [1.54, 1.807) is 0 Å². The molecule has 0 radical (unpaired) electrons. The van der Waals surface area contributed by atoms with E-state index in [-0.39, 0.29) is 0 Å². The van der Waals surface area contributed by atoms with Crippen molar-refractivity contribution in [3.63, 3.8) is 0 Å². The van der Waals surface area contributed by atoms with Gasteiger partial charge in [-0.1, -0.05) is 137 Å². The number of nitrogens with zero attached hydrogens (tertiary/aromatic N) is 4. The van der Waals surface area contributed by atoms with Gasteiger partial charge in [0, 0.05) is 99.4 Å². The zero-order valence-corrected chi connectivity index (χ0v) is 48.2. The van der Waals surface area contributed by atoms with Crippen LogP contribution < -0.4 is 9.80 Å². The van der Waals surface area contributed by atoms with Crippen molar-refractivity contribution in [2.45, 2.75) is 39.5 Å². The van der Waals surface area contributed by atoms with Crippen LogP contribution in [0.3, 0.4) is 0 Å². The summed E-state index contributed by atoms with van der Waals surface area (Å²) in [6.45, 7) is 9.00. The Balaban J connectivity index is 0.777. The third-order valence-corrected chi connectivity index (χ3v) is 18.0. The van der Waals surface area contributed by atoms with Gasteiger partial charge in [0.1, 0.15) is 22.3 Å². The molecule has 0 unspecified atom stereocenters. The highest BCUT2D eigenvalue weighted by atomic mass is 16.3. The average molecular weight is 1110 g/mol. The predicted molar refractivity (Wildman–Crippen MR) is 362 cm³/mol. The standard InChI is InChI=1S/C80H58N4O2/c1-49(2)51-23-29-57(30-24-51)81(61-35-41-73-69(47-61)65-19-11-13-21-71(65)83(73)55-15-7-5-8-16-55)59-33-39-63-53(45-59)27-37-67-77-75(85-79(63)67)43-44-76-78(77)68-38-28-54-46-60(34-40-64(54)80(68)86-76)82(58-31-25-52(26-32-58)50(3)4)62-36-42-74-70(48-62)66-20-12-14-22-72(66)84(74)56-17-9-6-10-18-56/h5-50H,1-4H3. The lowest BCUT2D eigenvalue weighted by Gasteiger charge is -2.26. The first kappa shape index (κ1) is 49.8. The van der Waals surface area contributed by atoms with E-state index in [9.17, 15) is 0 Å². The number of furan rings is 2. The molecule has 17 rings (SSSR count). The SMILES string of the molecule is CC(C)c1ccc(N(c2ccc3c(ccc4c3oc3ccc5oc6c7ccc(N(c8ccc(C(C)C)cc8)c8ccc9c(c8)c8ccccc8n9-c8ccccc8)cc7ccc6c5c34)c2)c2ccc3c(c2)c2ccccc2n3-c2ccccc2)cc1. The van der Waals surface area contributed by atoms with Gasteiger partial charge in [0.2, 0.25) is 0 Å². The molecule has 0 aliphatic rings. The van der Waals surface area contributed by atoms with Gasteiger partial charge in [-0.2, -0.15) is 0 Å². The second-order valence-electron chi connectivity index (χ2n) is 23.7. The van der Waals surface area contributed by atoms with Crippen LogP contribution in [0.15, 0.2) is 276 Å². The lowest BCUT2D eigenvalue weighted by molar-refractivity contribution is 0.666. The number of aromatic nitrogens is 2. The predicted octanol–water partition coefficient (Wildman–Crippen LogP) is 23.2. The molecule has 0 bridgehead atoms. The molecule has 0 N–H and O–H groups in total. The lowest BCUT2D eigenvalue weighted by atomic mass is 10.00. The molecule has 4 aromatic heterocycles. The lowest BCUT2D eigenvalue weighted by Crippen LogP contribution is -2.10. The fraction of sp³-hybridized carbons (Fsp3) is 0.0750. The van der Waals surface area contributed by atoms with Crippen LogP contribution in [0, 0.1) is 0 Å². The third kappa shape index (κ3) is 7.72. The summed E-state index contributed by atoms with van der Waals surface area (Å²) in [6.07, 6.45) is 0. The molecule has 0 aliphatic carbocycles. The van der Waals surface area contributed by atoms with Gasteiger partial charge < -0.3 is 27.8 Å². The largest absolute Gasteiger partial charge is 0.455 e. The minimum absolute atomic E-state index is 0.421. The number of hydrogen-bond acceptors (Lipinski definition) is 4. The Labute approximate surface area is 497 Å². The molecule has 0 saturated carbocycles. The van der Waals surface area contributed by atoms with Crippen LogP contribution in [0.5, 0.6) is 0 Å². The number of fused-ring (bicyclic) bond motifs is 17. The van der Waals surface area contributed by atoms with Crippen LogP contribution in [0.1, 0.15) is 50.7 Å². The third-order valence-electron chi connectivity index (χ3n) is 18.0. The van der Waals surface area contributed by atoms with E-state index in [1.165, 1.54) is 54.7 Å². The van der Waals surface area contributed by atoms with Crippen molar-refractivity contribution in [3.05, 3.63) is 278 Å². The van der Waals surface area contributed by atoms with E-state index in [4.69, 9.17) is 8.83 Å². The Morgan fingerprint density at radius 1 is 0.279 bits per heavy atom. The average Bonchev–Trinajstić information content (AvgIpc) is 3.88. The number of benzene rings is 13. The number of rotatable bonds is 10. The summed E-state index contributed by atoms with van der Waals surface area (Å²) in [5.74, 6) is 0.841. The van der Waals surface area contributed by atoms with Crippen molar-refractivity contribution in [1.29, 1.82) is 0 Å². The smallest absolute Gasteiger partial charge is 0.143 e. The molecule has 6 heteroatoms. The molecule has 0 fully saturated rings. The molecule has 0 amide bonds. The maximum atomic E-state index is 6.97. The highest BCUT2D eigenvalue weighted by molar-refractivity contribution is 6.30. The van der Waals surface area contributed by atoms with Gasteiger partial charge in [-0.15, -0.1) is 0 Å². The van der Waals surface area contributed by atoms with Gasteiger partial charge >= 0.3 is 0 Å². The van der Waals surface area contributed by atoms with Gasteiger partial charge in [-0.05, 0) is 191 Å². The summed E-state index contributed by atoms with van der Waals surface area (Å²) >= 11 is 0. The summed E-state index contributed by atoms with van der Waals surface area (Å²) in [6, 6.07) is 97.5. The fourth-order valence-electron chi connectivity index (χ4n) is 13.8. The Bertz CT molecular complexity index is 5190. The van der Waals surface area contributed by atoms with Gasteiger partial charge in [-0.3, -0.25) is 0 Å². The van der Waals surface area contributed by atoms with Gasteiger partial charge in [-0.25, -0.2) is 0 Å². The molecule has 86 heavy (non-hydrogen) atoms. The molecule has 13 aromatic carbocycles. The first-order valence-corrected chi connectivity index (χ1v) is 29.9. The molecular weight excluding hydrogens is 1050 g/mol. The van der Waals surface area contributed by atoms with Gasteiger partial charge in [0.15, 0.2) is 0 Å². The van der Waals surface area contributed by atoms with E-state index in [2.05, 4.69) is 314 Å². The highest BCUT2D eigenvalue weighted by Gasteiger charge is 2.24. The van der Waals surface area contributed by atoms with Gasteiger partial charge in [0.25, 0.3) is 0 Å². The first-order chi connectivity index (χ1) is 42.3. The highest BCUT2D eigenvalue weighted by Crippen LogP contribution is 2.48. The zero-order chi connectivity index (χ0) is 57.3. The van der Waals surface area contributed by atoms with E-state index >= 15 is 0 Å². The Kier molecular flexibility index (Phi) is 11.2. The van der Waals surface area contributed by atoms with Crippen LogP contribution in [0.4, 0.5) is 34.1 Å². The normalized spacial score (nSPS) is 12.2. The molecule has 410 valence electrons. The quantitative estimate of drug-likeness (QED) is 0.137. The molecule has 0 aliphatic heterocycles. The maximum Gasteiger partial charge on any atom is 0.143 e. The Morgan fingerprint density at radius 3 is 1.05 bits per heavy atom. The minimum Gasteiger partial charge on any atom is -0.455 e. The summed E-state index contributed by atoms with van der Waals surface area (Å²) < 4.78 is 18.7.